The monoisotopic (exact) mass is 259 g/mol. The molecule has 0 saturated heterocycles. The Bertz CT molecular complexity index is 391. The van der Waals surface area contributed by atoms with Crippen LogP contribution in [0.25, 0.3) is 0 Å². The maximum absolute atomic E-state index is 3.85. The van der Waals surface area contributed by atoms with Crippen LogP contribution in [0.3, 0.4) is 0 Å². The molecule has 0 amide bonds. The van der Waals surface area contributed by atoms with E-state index in [0.29, 0.717) is 11.5 Å². The second-order valence-electron chi connectivity index (χ2n) is 7.42. The second-order valence-corrected chi connectivity index (χ2v) is 7.42. The van der Waals surface area contributed by atoms with Crippen molar-refractivity contribution in [3.05, 3.63) is 35.9 Å². The topological polar surface area (TPSA) is 12.0 Å². The Hall–Kier alpha value is -0.820. The first kappa shape index (κ1) is 14.6. The van der Waals surface area contributed by atoms with Gasteiger partial charge in [0.1, 0.15) is 0 Å². The van der Waals surface area contributed by atoms with E-state index >= 15 is 0 Å². The van der Waals surface area contributed by atoms with Crippen molar-refractivity contribution in [3.8, 4) is 0 Å². The lowest BCUT2D eigenvalue weighted by Crippen LogP contribution is -2.48. The Balaban J connectivity index is 1.98. The van der Waals surface area contributed by atoms with Crippen molar-refractivity contribution < 1.29 is 0 Å². The van der Waals surface area contributed by atoms with E-state index in [1.54, 1.807) is 0 Å². The molecule has 1 aliphatic rings. The molecule has 0 bridgehead atoms. The van der Waals surface area contributed by atoms with Crippen LogP contribution in [-0.2, 0) is 5.41 Å². The predicted molar refractivity (Wildman–Crippen MR) is 83.5 cm³/mol. The summed E-state index contributed by atoms with van der Waals surface area (Å²) >= 11 is 0. The van der Waals surface area contributed by atoms with Gasteiger partial charge < -0.3 is 5.32 Å². The van der Waals surface area contributed by atoms with Gasteiger partial charge in [-0.2, -0.15) is 0 Å². The molecule has 1 N–H and O–H groups in total. The molecule has 1 aromatic carbocycles. The lowest BCUT2D eigenvalue weighted by molar-refractivity contribution is 0.161. The van der Waals surface area contributed by atoms with E-state index in [1.807, 2.05) is 0 Å². The highest BCUT2D eigenvalue weighted by molar-refractivity contribution is 5.23. The summed E-state index contributed by atoms with van der Waals surface area (Å²) in [5.74, 6) is 0. The number of hydrogen-bond donors (Lipinski definition) is 1. The second kappa shape index (κ2) is 5.66. The van der Waals surface area contributed by atoms with Gasteiger partial charge in [-0.05, 0) is 23.8 Å². The molecule has 1 aliphatic carbocycles. The van der Waals surface area contributed by atoms with Crippen molar-refractivity contribution in [3.63, 3.8) is 0 Å². The first-order valence-electron chi connectivity index (χ1n) is 7.71. The van der Waals surface area contributed by atoms with E-state index in [2.05, 4.69) is 63.3 Å². The Labute approximate surface area is 118 Å². The van der Waals surface area contributed by atoms with Gasteiger partial charge in [0.2, 0.25) is 0 Å². The van der Waals surface area contributed by atoms with Crippen LogP contribution in [0, 0.1) is 5.41 Å². The molecule has 19 heavy (non-hydrogen) atoms. The van der Waals surface area contributed by atoms with Gasteiger partial charge in [0, 0.05) is 18.0 Å². The maximum atomic E-state index is 3.85. The van der Waals surface area contributed by atoms with Crippen molar-refractivity contribution in [1.29, 1.82) is 0 Å². The molecular formula is C18H29N. The third-order valence-electron chi connectivity index (χ3n) is 4.85. The summed E-state index contributed by atoms with van der Waals surface area (Å²) in [6.45, 7) is 10.6. The molecule has 1 unspecified atom stereocenters. The fourth-order valence-corrected chi connectivity index (χ4v) is 3.24. The summed E-state index contributed by atoms with van der Waals surface area (Å²) in [7, 11) is 0. The Morgan fingerprint density at radius 2 is 1.84 bits per heavy atom. The van der Waals surface area contributed by atoms with Crippen molar-refractivity contribution in [2.45, 2.75) is 64.8 Å². The van der Waals surface area contributed by atoms with Crippen LogP contribution in [0.2, 0.25) is 0 Å². The molecule has 0 spiro atoms. The molecular weight excluding hydrogens is 230 g/mol. The van der Waals surface area contributed by atoms with Crippen LogP contribution in [0.5, 0.6) is 0 Å². The molecule has 1 heteroatoms. The summed E-state index contributed by atoms with van der Waals surface area (Å²) in [5.41, 5.74) is 2.08. The highest BCUT2D eigenvalue weighted by atomic mass is 14.9. The number of rotatable bonds is 4. The lowest BCUT2D eigenvalue weighted by Gasteiger charge is -2.41. The summed E-state index contributed by atoms with van der Waals surface area (Å²) in [5, 5.41) is 3.85. The van der Waals surface area contributed by atoms with Crippen LogP contribution >= 0.6 is 0 Å². The van der Waals surface area contributed by atoms with Gasteiger partial charge >= 0.3 is 0 Å². The number of hydrogen-bond acceptors (Lipinski definition) is 1. The van der Waals surface area contributed by atoms with Crippen LogP contribution < -0.4 is 5.32 Å². The summed E-state index contributed by atoms with van der Waals surface area (Å²) in [6, 6.07) is 11.5. The van der Waals surface area contributed by atoms with Crippen molar-refractivity contribution >= 4 is 0 Å². The van der Waals surface area contributed by atoms with Crippen molar-refractivity contribution in [2.24, 2.45) is 5.41 Å². The Morgan fingerprint density at radius 3 is 2.47 bits per heavy atom. The number of benzene rings is 1. The standard InChI is InChI=1S/C18H29N/c1-17(2)13-9-8-12-16(17)19-14-18(3,4)15-10-6-5-7-11-15/h5-7,10-11,16,19H,8-9,12-14H2,1-4H3. The lowest BCUT2D eigenvalue weighted by atomic mass is 9.72. The van der Waals surface area contributed by atoms with E-state index < -0.39 is 0 Å². The normalized spacial score (nSPS) is 23.3. The van der Waals surface area contributed by atoms with E-state index in [4.69, 9.17) is 0 Å². The van der Waals surface area contributed by atoms with E-state index in [-0.39, 0.29) is 5.41 Å². The molecule has 106 valence electrons. The van der Waals surface area contributed by atoms with Crippen LogP contribution in [0.1, 0.15) is 58.9 Å². The number of nitrogens with one attached hydrogen (secondary N) is 1. The van der Waals surface area contributed by atoms with E-state index in [0.717, 1.165) is 6.54 Å². The SMILES string of the molecule is CC(C)(CNC1CCCCC1(C)C)c1ccccc1. The molecule has 0 aliphatic heterocycles. The zero-order valence-corrected chi connectivity index (χ0v) is 13.0. The van der Waals surface area contributed by atoms with Gasteiger partial charge in [0.05, 0.1) is 0 Å². The highest BCUT2D eigenvalue weighted by Gasteiger charge is 2.33. The average Bonchev–Trinajstić information content (AvgIpc) is 2.38. The largest absolute Gasteiger partial charge is 0.313 e. The van der Waals surface area contributed by atoms with E-state index in [1.165, 1.54) is 31.2 Å². The first-order chi connectivity index (χ1) is 8.92. The molecule has 1 saturated carbocycles. The van der Waals surface area contributed by atoms with Gasteiger partial charge in [-0.1, -0.05) is 70.9 Å². The smallest absolute Gasteiger partial charge is 0.0119 e. The summed E-state index contributed by atoms with van der Waals surface area (Å²) < 4.78 is 0. The van der Waals surface area contributed by atoms with Crippen molar-refractivity contribution in [2.75, 3.05) is 6.54 Å². The predicted octanol–water partition coefficient (Wildman–Crippen LogP) is 4.52. The van der Waals surface area contributed by atoms with Gasteiger partial charge in [-0.3, -0.25) is 0 Å². The molecule has 0 heterocycles. The molecule has 1 atom stereocenters. The van der Waals surface area contributed by atoms with Gasteiger partial charge in [0.25, 0.3) is 0 Å². The average molecular weight is 259 g/mol. The maximum Gasteiger partial charge on any atom is 0.0119 e. The Kier molecular flexibility index (Phi) is 4.35. The molecule has 0 aromatic heterocycles. The first-order valence-corrected chi connectivity index (χ1v) is 7.71. The van der Waals surface area contributed by atoms with Crippen LogP contribution in [0.15, 0.2) is 30.3 Å². The van der Waals surface area contributed by atoms with Crippen LogP contribution in [0.4, 0.5) is 0 Å². The third-order valence-corrected chi connectivity index (χ3v) is 4.85. The minimum absolute atomic E-state index is 0.203. The minimum atomic E-state index is 0.203. The zero-order valence-electron chi connectivity index (χ0n) is 13.0. The van der Waals surface area contributed by atoms with Gasteiger partial charge in [-0.15, -0.1) is 0 Å². The fourth-order valence-electron chi connectivity index (χ4n) is 3.24. The van der Waals surface area contributed by atoms with E-state index in [9.17, 15) is 0 Å². The molecule has 1 nitrogen and oxygen atoms in total. The van der Waals surface area contributed by atoms with Crippen LogP contribution in [-0.4, -0.2) is 12.6 Å². The Morgan fingerprint density at radius 1 is 1.16 bits per heavy atom. The molecule has 1 fully saturated rings. The molecule has 1 aromatic rings. The van der Waals surface area contributed by atoms with Gasteiger partial charge in [-0.25, -0.2) is 0 Å². The minimum Gasteiger partial charge on any atom is -0.313 e. The third kappa shape index (κ3) is 3.60. The summed E-state index contributed by atoms with van der Waals surface area (Å²) in [6.07, 6.45) is 5.47. The fraction of sp³-hybridized carbons (Fsp3) is 0.667. The molecule has 2 rings (SSSR count). The summed E-state index contributed by atoms with van der Waals surface area (Å²) in [4.78, 5) is 0. The zero-order chi connectivity index (χ0) is 13.9. The highest BCUT2D eigenvalue weighted by Crippen LogP contribution is 2.36. The molecule has 0 radical (unpaired) electrons. The quantitative estimate of drug-likeness (QED) is 0.838. The van der Waals surface area contributed by atoms with Gasteiger partial charge in [0.15, 0.2) is 0 Å². The van der Waals surface area contributed by atoms with Crippen molar-refractivity contribution in [1.82, 2.24) is 5.32 Å².